The first-order valence-corrected chi connectivity index (χ1v) is 5.24. The third-order valence-electron chi connectivity index (χ3n) is 2.47. The average molecular weight is 260 g/mol. The quantitative estimate of drug-likeness (QED) is 0.640. The summed E-state index contributed by atoms with van der Waals surface area (Å²) in [6.45, 7) is 1.61. The van der Waals surface area contributed by atoms with Crippen molar-refractivity contribution in [2.24, 2.45) is 0 Å². The van der Waals surface area contributed by atoms with E-state index >= 15 is 0 Å². The highest BCUT2D eigenvalue weighted by Gasteiger charge is 2.23. The summed E-state index contributed by atoms with van der Waals surface area (Å²) in [5, 5.41) is 9.81. The second-order valence-corrected chi connectivity index (χ2v) is 3.87. The number of phenols is 1. The number of phenolic OH excluding ortho intramolecular Hbond substituents is 1. The maximum Gasteiger partial charge on any atom is 0.312 e. The monoisotopic (exact) mass is 259 g/mol. The van der Waals surface area contributed by atoms with Gasteiger partial charge in [-0.3, -0.25) is 4.79 Å². The highest BCUT2D eigenvalue weighted by atomic mass is 35.5. The van der Waals surface area contributed by atoms with Crippen molar-refractivity contribution in [2.75, 3.05) is 20.0 Å². The number of nitrogens with two attached hydrogens (primary N) is 1. The molecule has 0 aliphatic rings. The van der Waals surface area contributed by atoms with E-state index in [0.717, 1.165) is 0 Å². The van der Waals surface area contributed by atoms with Gasteiger partial charge in [-0.15, -0.1) is 0 Å². The van der Waals surface area contributed by atoms with Crippen LogP contribution in [0.3, 0.4) is 0 Å². The molecule has 1 atom stereocenters. The first-order chi connectivity index (χ1) is 7.93. The van der Waals surface area contributed by atoms with Crippen molar-refractivity contribution in [1.82, 2.24) is 0 Å². The maximum absolute atomic E-state index is 11.4. The molecule has 0 saturated carbocycles. The summed E-state index contributed by atoms with van der Waals surface area (Å²) in [5.41, 5.74) is 6.29. The second kappa shape index (κ2) is 5.14. The van der Waals surface area contributed by atoms with Crippen LogP contribution < -0.4 is 10.5 Å². The first-order valence-electron chi connectivity index (χ1n) is 4.86. The summed E-state index contributed by atoms with van der Waals surface area (Å²) >= 11 is 5.95. The lowest BCUT2D eigenvalue weighted by molar-refractivity contribution is -0.141. The Labute approximate surface area is 104 Å². The molecule has 6 heteroatoms. The van der Waals surface area contributed by atoms with Crippen LogP contribution >= 0.6 is 11.6 Å². The summed E-state index contributed by atoms with van der Waals surface area (Å²) in [4.78, 5) is 11.4. The van der Waals surface area contributed by atoms with Gasteiger partial charge in [0.15, 0.2) is 11.5 Å². The van der Waals surface area contributed by atoms with Gasteiger partial charge < -0.3 is 20.3 Å². The van der Waals surface area contributed by atoms with Gasteiger partial charge >= 0.3 is 5.97 Å². The number of carbonyl (C=O) groups is 1. The zero-order valence-corrected chi connectivity index (χ0v) is 10.5. The minimum absolute atomic E-state index is 0.0361. The molecule has 0 fully saturated rings. The summed E-state index contributed by atoms with van der Waals surface area (Å²) in [6, 6.07) is 1.49. The van der Waals surface area contributed by atoms with Crippen molar-refractivity contribution in [3.63, 3.8) is 0 Å². The molecule has 94 valence electrons. The molecule has 1 rings (SSSR count). The maximum atomic E-state index is 11.4. The third kappa shape index (κ3) is 2.39. The topological polar surface area (TPSA) is 81.8 Å². The van der Waals surface area contributed by atoms with E-state index in [2.05, 4.69) is 4.74 Å². The van der Waals surface area contributed by atoms with Gasteiger partial charge in [-0.25, -0.2) is 0 Å². The zero-order chi connectivity index (χ0) is 13.2. The van der Waals surface area contributed by atoms with E-state index in [9.17, 15) is 9.90 Å². The van der Waals surface area contributed by atoms with Crippen LogP contribution in [0.1, 0.15) is 18.4 Å². The number of methoxy groups -OCH3 is 2. The van der Waals surface area contributed by atoms with Gasteiger partial charge in [0.05, 0.1) is 30.8 Å². The van der Waals surface area contributed by atoms with Crippen LogP contribution in [-0.2, 0) is 9.53 Å². The molecule has 0 saturated heterocycles. The molecule has 0 spiro atoms. The SMILES string of the molecule is COC(=O)[C@H](C)c1cc(N)c(OC)c(O)c1Cl. The number of esters is 1. The minimum Gasteiger partial charge on any atom is -0.503 e. The summed E-state index contributed by atoms with van der Waals surface area (Å²) in [5.74, 6) is -1.27. The Morgan fingerprint density at radius 2 is 2.12 bits per heavy atom. The molecule has 1 aromatic carbocycles. The predicted octanol–water partition coefficient (Wildman–Crippen LogP) is 1.91. The lowest BCUT2D eigenvalue weighted by Crippen LogP contribution is -2.12. The summed E-state index contributed by atoms with van der Waals surface area (Å²) in [7, 11) is 2.64. The molecule has 17 heavy (non-hydrogen) atoms. The molecule has 0 radical (unpaired) electrons. The Hall–Kier alpha value is -1.62. The van der Waals surface area contributed by atoms with Crippen molar-refractivity contribution in [1.29, 1.82) is 0 Å². The standard InChI is InChI=1S/C11H14ClNO4/c1-5(11(15)17-3)6-4-7(13)10(16-2)9(14)8(6)12/h4-5,14H,13H2,1-3H3/t5-/m1/s1. The molecule has 0 aliphatic heterocycles. The smallest absolute Gasteiger partial charge is 0.312 e. The number of halogens is 1. The van der Waals surface area contributed by atoms with Crippen LogP contribution in [-0.4, -0.2) is 25.3 Å². The fraction of sp³-hybridized carbons (Fsp3) is 0.364. The van der Waals surface area contributed by atoms with Crippen LogP contribution in [0.4, 0.5) is 5.69 Å². The van der Waals surface area contributed by atoms with E-state index < -0.39 is 11.9 Å². The summed E-state index contributed by atoms with van der Waals surface area (Å²) < 4.78 is 9.51. The zero-order valence-electron chi connectivity index (χ0n) is 9.78. The number of rotatable bonds is 3. The van der Waals surface area contributed by atoms with Gasteiger partial charge in [0.2, 0.25) is 0 Å². The molecule has 1 aromatic rings. The van der Waals surface area contributed by atoms with Gasteiger partial charge in [0, 0.05) is 0 Å². The predicted molar refractivity (Wildman–Crippen MR) is 64.5 cm³/mol. The Bertz CT molecular complexity index is 448. The van der Waals surface area contributed by atoms with E-state index in [1.807, 2.05) is 0 Å². The third-order valence-corrected chi connectivity index (χ3v) is 2.87. The van der Waals surface area contributed by atoms with Crippen LogP contribution in [0, 0.1) is 0 Å². The molecular formula is C11H14ClNO4. The van der Waals surface area contributed by atoms with E-state index in [0.29, 0.717) is 5.56 Å². The van der Waals surface area contributed by atoms with Crippen LogP contribution in [0.2, 0.25) is 5.02 Å². The second-order valence-electron chi connectivity index (χ2n) is 3.50. The molecule has 0 heterocycles. The number of anilines is 1. The van der Waals surface area contributed by atoms with Crippen LogP contribution in [0.5, 0.6) is 11.5 Å². The van der Waals surface area contributed by atoms with E-state index in [1.165, 1.54) is 20.3 Å². The fourth-order valence-corrected chi connectivity index (χ4v) is 1.81. The first kappa shape index (κ1) is 13.4. The Kier molecular flexibility index (Phi) is 4.07. The molecular weight excluding hydrogens is 246 g/mol. The Morgan fingerprint density at radius 3 is 2.59 bits per heavy atom. The van der Waals surface area contributed by atoms with Crippen molar-refractivity contribution in [3.8, 4) is 11.5 Å². The highest BCUT2D eigenvalue weighted by molar-refractivity contribution is 6.33. The molecule has 0 unspecified atom stereocenters. The van der Waals surface area contributed by atoms with Crippen molar-refractivity contribution in [2.45, 2.75) is 12.8 Å². The number of carbonyl (C=O) groups excluding carboxylic acids is 1. The van der Waals surface area contributed by atoms with Crippen LogP contribution in [0.15, 0.2) is 6.07 Å². The molecule has 0 bridgehead atoms. The lowest BCUT2D eigenvalue weighted by Gasteiger charge is -2.16. The minimum atomic E-state index is -0.619. The van der Waals surface area contributed by atoms with E-state index in [4.69, 9.17) is 22.1 Å². The lowest BCUT2D eigenvalue weighted by atomic mass is 10.00. The molecule has 3 N–H and O–H groups in total. The molecule has 0 aromatic heterocycles. The van der Waals surface area contributed by atoms with E-state index in [1.54, 1.807) is 6.92 Å². The number of nitrogen functional groups attached to an aromatic ring is 1. The normalized spacial score (nSPS) is 12.0. The largest absolute Gasteiger partial charge is 0.503 e. The number of aromatic hydroxyl groups is 1. The van der Waals surface area contributed by atoms with Gasteiger partial charge in [-0.2, -0.15) is 0 Å². The molecule has 5 nitrogen and oxygen atoms in total. The Morgan fingerprint density at radius 1 is 1.53 bits per heavy atom. The molecule has 0 aliphatic carbocycles. The van der Waals surface area contributed by atoms with Gasteiger partial charge in [0.25, 0.3) is 0 Å². The van der Waals surface area contributed by atoms with Crippen LogP contribution in [0.25, 0.3) is 0 Å². The van der Waals surface area contributed by atoms with Gasteiger partial charge in [-0.05, 0) is 18.6 Å². The fourth-order valence-electron chi connectivity index (χ4n) is 1.50. The molecule has 0 amide bonds. The number of ether oxygens (including phenoxy) is 2. The summed E-state index contributed by atoms with van der Waals surface area (Å²) in [6.07, 6.45) is 0. The van der Waals surface area contributed by atoms with Gasteiger partial charge in [-0.1, -0.05) is 11.6 Å². The number of benzene rings is 1. The average Bonchev–Trinajstić information content (AvgIpc) is 2.32. The highest BCUT2D eigenvalue weighted by Crippen LogP contribution is 2.43. The van der Waals surface area contributed by atoms with Gasteiger partial charge in [0.1, 0.15) is 0 Å². The van der Waals surface area contributed by atoms with Crippen molar-refractivity contribution >= 4 is 23.3 Å². The van der Waals surface area contributed by atoms with E-state index in [-0.39, 0.29) is 22.2 Å². The number of hydrogen-bond donors (Lipinski definition) is 2. The van der Waals surface area contributed by atoms with Crippen molar-refractivity contribution in [3.05, 3.63) is 16.7 Å². The van der Waals surface area contributed by atoms with Crippen molar-refractivity contribution < 1.29 is 19.4 Å². The Balaban J connectivity index is 3.32. The number of hydrogen-bond acceptors (Lipinski definition) is 5.